The van der Waals surface area contributed by atoms with Gasteiger partial charge in [-0.05, 0) is 56.8 Å². The molecule has 0 radical (unpaired) electrons. The van der Waals surface area contributed by atoms with Crippen LogP contribution in [0, 0.1) is 17.8 Å². The SMILES string of the molecule is CC(NC(=O)C(=O)NCC1CCCO1)C1CC2CCC1C2. The normalized spacial score (nSPS) is 35.7. The maximum absolute atomic E-state index is 12.0. The minimum absolute atomic E-state index is 0.0738. The minimum Gasteiger partial charge on any atom is -0.376 e. The maximum atomic E-state index is 12.0. The van der Waals surface area contributed by atoms with E-state index in [1.807, 2.05) is 6.92 Å². The van der Waals surface area contributed by atoms with E-state index in [0.29, 0.717) is 12.5 Å². The molecule has 2 N–H and O–H groups in total. The van der Waals surface area contributed by atoms with Crippen molar-refractivity contribution in [3.63, 3.8) is 0 Å². The molecular formula is C16H26N2O3. The van der Waals surface area contributed by atoms with E-state index in [9.17, 15) is 9.59 Å². The quantitative estimate of drug-likeness (QED) is 0.766. The Balaban J connectivity index is 1.41. The standard InChI is InChI=1S/C16H26N2O3/c1-10(14-8-11-4-5-12(14)7-11)18-16(20)15(19)17-9-13-3-2-6-21-13/h10-14H,2-9H2,1H3,(H,17,19)(H,18,20). The van der Waals surface area contributed by atoms with Crippen LogP contribution in [0.1, 0.15) is 45.4 Å². The van der Waals surface area contributed by atoms with E-state index in [0.717, 1.165) is 31.3 Å². The molecule has 5 unspecified atom stereocenters. The molecule has 2 bridgehead atoms. The maximum Gasteiger partial charge on any atom is 0.309 e. The zero-order chi connectivity index (χ0) is 14.8. The molecule has 5 nitrogen and oxygen atoms in total. The van der Waals surface area contributed by atoms with E-state index in [1.165, 1.54) is 25.7 Å². The van der Waals surface area contributed by atoms with Crippen LogP contribution < -0.4 is 10.6 Å². The Morgan fingerprint density at radius 1 is 1.19 bits per heavy atom. The monoisotopic (exact) mass is 294 g/mol. The number of ether oxygens (including phenoxy) is 1. The Kier molecular flexibility index (Phi) is 4.48. The average Bonchev–Trinajstić information content (AvgIpc) is 3.21. The first kappa shape index (κ1) is 14.8. The summed E-state index contributed by atoms with van der Waals surface area (Å²) in [5.41, 5.74) is 0. The fourth-order valence-electron chi connectivity index (χ4n) is 4.38. The van der Waals surface area contributed by atoms with Crippen molar-refractivity contribution in [2.75, 3.05) is 13.2 Å². The number of amides is 2. The molecule has 0 aromatic carbocycles. The van der Waals surface area contributed by atoms with Crippen LogP contribution in [0.25, 0.3) is 0 Å². The van der Waals surface area contributed by atoms with Crippen molar-refractivity contribution >= 4 is 11.8 Å². The van der Waals surface area contributed by atoms with Crippen molar-refractivity contribution in [1.29, 1.82) is 0 Å². The van der Waals surface area contributed by atoms with Crippen LogP contribution >= 0.6 is 0 Å². The molecule has 1 heterocycles. The first-order chi connectivity index (χ1) is 10.1. The number of hydrogen-bond acceptors (Lipinski definition) is 3. The molecule has 21 heavy (non-hydrogen) atoms. The van der Waals surface area contributed by atoms with Gasteiger partial charge in [0, 0.05) is 19.2 Å². The van der Waals surface area contributed by atoms with Gasteiger partial charge in [-0.15, -0.1) is 0 Å². The lowest BCUT2D eigenvalue weighted by atomic mass is 9.84. The number of nitrogens with one attached hydrogen (secondary N) is 2. The molecule has 1 aliphatic heterocycles. The van der Waals surface area contributed by atoms with Crippen molar-refractivity contribution in [2.45, 2.75) is 57.6 Å². The molecule has 3 rings (SSSR count). The third-order valence-corrected chi connectivity index (χ3v) is 5.51. The highest BCUT2D eigenvalue weighted by Gasteiger charge is 2.42. The molecule has 1 saturated heterocycles. The summed E-state index contributed by atoms with van der Waals surface area (Å²) in [6, 6.07) is 0.0984. The number of rotatable bonds is 4. The smallest absolute Gasteiger partial charge is 0.309 e. The molecule has 3 fully saturated rings. The summed E-state index contributed by atoms with van der Waals surface area (Å²) in [4.78, 5) is 23.8. The molecule has 2 aliphatic carbocycles. The van der Waals surface area contributed by atoms with Gasteiger partial charge in [0.2, 0.25) is 0 Å². The summed E-state index contributed by atoms with van der Waals surface area (Å²) in [6.07, 6.45) is 7.24. The number of carbonyl (C=O) groups is 2. The zero-order valence-corrected chi connectivity index (χ0v) is 12.8. The van der Waals surface area contributed by atoms with Crippen LogP contribution in [0.2, 0.25) is 0 Å². The highest BCUT2D eigenvalue weighted by atomic mass is 16.5. The molecule has 2 amide bonds. The van der Waals surface area contributed by atoms with Crippen molar-refractivity contribution in [3.8, 4) is 0 Å². The molecule has 5 atom stereocenters. The zero-order valence-electron chi connectivity index (χ0n) is 12.8. The summed E-state index contributed by atoms with van der Waals surface area (Å²) in [5, 5.41) is 5.57. The average molecular weight is 294 g/mol. The second-order valence-corrected chi connectivity index (χ2v) is 6.95. The van der Waals surface area contributed by atoms with Gasteiger partial charge in [-0.2, -0.15) is 0 Å². The topological polar surface area (TPSA) is 67.4 Å². The molecule has 0 aromatic rings. The van der Waals surface area contributed by atoms with E-state index in [4.69, 9.17) is 4.74 Å². The highest BCUT2D eigenvalue weighted by molar-refractivity contribution is 6.35. The van der Waals surface area contributed by atoms with Crippen molar-refractivity contribution < 1.29 is 14.3 Å². The Morgan fingerprint density at radius 3 is 2.67 bits per heavy atom. The predicted octanol–water partition coefficient (Wildman–Crippen LogP) is 1.22. The van der Waals surface area contributed by atoms with E-state index in [1.54, 1.807) is 0 Å². The molecular weight excluding hydrogens is 268 g/mol. The predicted molar refractivity (Wildman–Crippen MR) is 78.5 cm³/mol. The van der Waals surface area contributed by atoms with Gasteiger partial charge in [-0.3, -0.25) is 9.59 Å². The number of carbonyl (C=O) groups excluding carboxylic acids is 2. The van der Waals surface area contributed by atoms with Crippen molar-refractivity contribution in [2.24, 2.45) is 17.8 Å². The van der Waals surface area contributed by atoms with Gasteiger partial charge in [0.05, 0.1) is 6.10 Å². The van der Waals surface area contributed by atoms with Crippen LogP contribution in [0.15, 0.2) is 0 Å². The number of hydrogen-bond donors (Lipinski definition) is 2. The Hall–Kier alpha value is -1.10. The Labute approximate surface area is 126 Å². The van der Waals surface area contributed by atoms with E-state index >= 15 is 0 Å². The Morgan fingerprint density at radius 2 is 2.05 bits per heavy atom. The van der Waals surface area contributed by atoms with E-state index < -0.39 is 11.8 Å². The van der Waals surface area contributed by atoms with Gasteiger partial charge in [0.25, 0.3) is 0 Å². The van der Waals surface area contributed by atoms with Gasteiger partial charge in [0.1, 0.15) is 0 Å². The van der Waals surface area contributed by atoms with Crippen LogP contribution in [0.3, 0.4) is 0 Å². The molecule has 0 spiro atoms. The summed E-state index contributed by atoms with van der Waals surface area (Å²) in [7, 11) is 0. The summed E-state index contributed by atoms with van der Waals surface area (Å²) < 4.78 is 5.43. The molecule has 2 saturated carbocycles. The lowest BCUT2D eigenvalue weighted by Gasteiger charge is -2.28. The lowest BCUT2D eigenvalue weighted by Crippen LogP contribution is -2.48. The molecule has 118 valence electrons. The molecule has 0 aromatic heterocycles. The van der Waals surface area contributed by atoms with Gasteiger partial charge >= 0.3 is 11.8 Å². The fourth-order valence-corrected chi connectivity index (χ4v) is 4.38. The van der Waals surface area contributed by atoms with Crippen LogP contribution in [0.5, 0.6) is 0 Å². The Bertz CT molecular complexity index is 406. The first-order valence-corrected chi connectivity index (χ1v) is 8.33. The van der Waals surface area contributed by atoms with Crippen molar-refractivity contribution in [1.82, 2.24) is 10.6 Å². The van der Waals surface area contributed by atoms with Gasteiger partial charge in [-0.1, -0.05) is 6.42 Å². The number of fused-ring (bicyclic) bond motifs is 2. The largest absolute Gasteiger partial charge is 0.376 e. The van der Waals surface area contributed by atoms with Gasteiger partial charge in [0.15, 0.2) is 0 Å². The van der Waals surface area contributed by atoms with Crippen LogP contribution in [-0.2, 0) is 14.3 Å². The second kappa shape index (κ2) is 6.34. The summed E-state index contributed by atoms with van der Waals surface area (Å²) in [5.74, 6) is 1.13. The minimum atomic E-state index is -0.527. The van der Waals surface area contributed by atoms with Gasteiger partial charge < -0.3 is 15.4 Å². The second-order valence-electron chi connectivity index (χ2n) is 6.95. The van der Waals surface area contributed by atoms with Crippen LogP contribution in [-0.4, -0.2) is 37.1 Å². The van der Waals surface area contributed by atoms with E-state index in [2.05, 4.69) is 10.6 Å². The lowest BCUT2D eigenvalue weighted by molar-refractivity contribution is -0.140. The fraction of sp³-hybridized carbons (Fsp3) is 0.875. The third kappa shape index (κ3) is 3.39. The first-order valence-electron chi connectivity index (χ1n) is 8.33. The summed E-state index contributed by atoms with van der Waals surface area (Å²) in [6.45, 7) is 3.24. The summed E-state index contributed by atoms with van der Waals surface area (Å²) >= 11 is 0. The van der Waals surface area contributed by atoms with Crippen molar-refractivity contribution in [3.05, 3.63) is 0 Å². The highest BCUT2D eigenvalue weighted by Crippen LogP contribution is 2.49. The van der Waals surface area contributed by atoms with Crippen LogP contribution in [0.4, 0.5) is 0 Å². The third-order valence-electron chi connectivity index (χ3n) is 5.51. The van der Waals surface area contributed by atoms with Gasteiger partial charge in [-0.25, -0.2) is 0 Å². The molecule has 3 aliphatic rings. The van der Waals surface area contributed by atoms with E-state index in [-0.39, 0.29) is 12.1 Å². The molecule has 5 heteroatoms.